The van der Waals surface area contributed by atoms with Gasteiger partial charge >= 0.3 is 0 Å². The SMILES string of the molecule is Cc1nnc(SCCOc2ccc(Cl)cc2)n1Cc1ccccc1. The molecule has 0 bridgehead atoms. The van der Waals surface area contributed by atoms with Crippen LogP contribution in [0.4, 0.5) is 0 Å². The lowest BCUT2D eigenvalue weighted by molar-refractivity contribution is 0.344. The molecule has 0 aliphatic carbocycles. The Labute approximate surface area is 150 Å². The summed E-state index contributed by atoms with van der Waals surface area (Å²) in [5, 5.41) is 10.1. The topological polar surface area (TPSA) is 39.9 Å². The molecule has 0 radical (unpaired) electrons. The third kappa shape index (κ3) is 4.52. The van der Waals surface area contributed by atoms with Crippen LogP contribution < -0.4 is 4.74 Å². The van der Waals surface area contributed by atoms with E-state index in [1.54, 1.807) is 11.8 Å². The van der Waals surface area contributed by atoms with E-state index >= 15 is 0 Å². The number of ether oxygens (including phenoxy) is 1. The van der Waals surface area contributed by atoms with Gasteiger partial charge in [0.05, 0.1) is 13.2 Å². The average molecular weight is 360 g/mol. The van der Waals surface area contributed by atoms with Gasteiger partial charge in [0.1, 0.15) is 11.6 Å². The number of aromatic nitrogens is 3. The van der Waals surface area contributed by atoms with Crippen LogP contribution in [-0.4, -0.2) is 27.1 Å². The molecule has 2 aromatic carbocycles. The standard InChI is InChI=1S/C18H18ClN3OS/c1-14-20-21-18(22(14)13-15-5-3-2-4-6-15)24-12-11-23-17-9-7-16(19)8-10-17/h2-10H,11-13H2,1H3. The fourth-order valence-electron chi connectivity index (χ4n) is 2.24. The van der Waals surface area contributed by atoms with E-state index in [0.717, 1.165) is 29.0 Å². The summed E-state index contributed by atoms with van der Waals surface area (Å²) in [4.78, 5) is 0. The highest BCUT2D eigenvalue weighted by atomic mass is 35.5. The molecule has 0 aliphatic heterocycles. The van der Waals surface area contributed by atoms with Gasteiger partial charge < -0.3 is 9.30 Å². The Balaban J connectivity index is 1.55. The van der Waals surface area contributed by atoms with E-state index in [1.165, 1.54) is 5.56 Å². The Kier molecular flexibility index (Phi) is 5.77. The van der Waals surface area contributed by atoms with E-state index in [4.69, 9.17) is 16.3 Å². The van der Waals surface area contributed by atoms with Crippen molar-refractivity contribution in [2.75, 3.05) is 12.4 Å². The number of thioether (sulfide) groups is 1. The Morgan fingerprint density at radius 1 is 1.04 bits per heavy atom. The van der Waals surface area contributed by atoms with Gasteiger partial charge in [-0.3, -0.25) is 0 Å². The molecule has 6 heteroatoms. The maximum absolute atomic E-state index is 5.86. The third-order valence-electron chi connectivity index (χ3n) is 3.48. The minimum Gasteiger partial charge on any atom is -0.493 e. The van der Waals surface area contributed by atoms with E-state index in [0.29, 0.717) is 11.6 Å². The van der Waals surface area contributed by atoms with Crippen LogP contribution in [0.15, 0.2) is 59.8 Å². The minimum atomic E-state index is 0.601. The fourth-order valence-corrected chi connectivity index (χ4v) is 3.17. The lowest BCUT2D eigenvalue weighted by atomic mass is 10.2. The average Bonchev–Trinajstić information content (AvgIpc) is 2.94. The van der Waals surface area contributed by atoms with E-state index < -0.39 is 0 Å². The third-order valence-corrected chi connectivity index (χ3v) is 4.67. The van der Waals surface area contributed by atoms with Crippen LogP contribution >= 0.6 is 23.4 Å². The number of hydrogen-bond donors (Lipinski definition) is 0. The zero-order chi connectivity index (χ0) is 16.8. The fraction of sp³-hybridized carbons (Fsp3) is 0.222. The molecular formula is C18H18ClN3OS. The monoisotopic (exact) mass is 359 g/mol. The van der Waals surface area contributed by atoms with E-state index in [1.807, 2.05) is 49.4 Å². The van der Waals surface area contributed by atoms with Gasteiger partial charge in [0.15, 0.2) is 5.16 Å². The van der Waals surface area contributed by atoms with Gasteiger partial charge in [0, 0.05) is 10.8 Å². The van der Waals surface area contributed by atoms with Crippen molar-refractivity contribution in [3.05, 3.63) is 71.0 Å². The predicted octanol–water partition coefficient (Wildman–Crippen LogP) is 4.46. The molecule has 0 amide bonds. The summed E-state index contributed by atoms with van der Waals surface area (Å²) in [5.74, 6) is 2.54. The molecule has 3 aromatic rings. The van der Waals surface area contributed by atoms with Crippen molar-refractivity contribution in [1.82, 2.24) is 14.8 Å². The number of aryl methyl sites for hydroxylation is 1. The molecule has 0 saturated carbocycles. The Hall–Kier alpha value is -1.98. The quantitative estimate of drug-likeness (QED) is 0.461. The molecule has 124 valence electrons. The maximum Gasteiger partial charge on any atom is 0.191 e. The van der Waals surface area contributed by atoms with Crippen LogP contribution in [0.25, 0.3) is 0 Å². The van der Waals surface area contributed by atoms with Gasteiger partial charge in [-0.25, -0.2) is 0 Å². The van der Waals surface area contributed by atoms with Crippen LogP contribution in [0, 0.1) is 6.92 Å². The lowest BCUT2D eigenvalue weighted by Crippen LogP contribution is -2.06. The first-order valence-corrected chi connectivity index (χ1v) is 9.03. The molecule has 0 unspecified atom stereocenters. The summed E-state index contributed by atoms with van der Waals surface area (Å²) in [5.41, 5.74) is 1.24. The van der Waals surface area contributed by atoms with Gasteiger partial charge in [-0.2, -0.15) is 0 Å². The lowest BCUT2D eigenvalue weighted by Gasteiger charge is -2.09. The van der Waals surface area contributed by atoms with Crippen molar-refractivity contribution < 1.29 is 4.74 Å². The van der Waals surface area contributed by atoms with Crippen LogP contribution in [0.5, 0.6) is 5.75 Å². The van der Waals surface area contributed by atoms with Gasteiger partial charge in [0.25, 0.3) is 0 Å². The highest BCUT2D eigenvalue weighted by Crippen LogP contribution is 2.20. The second-order valence-electron chi connectivity index (χ2n) is 5.25. The zero-order valence-corrected chi connectivity index (χ0v) is 14.9. The summed E-state index contributed by atoms with van der Waals surface area (Å²) < 4.78 is 7.84. The van der Waals surface area contributed by atoms with E-state index in [-0.39, 0.29) is 0 Å². The summed E-state index contributed by atoms with van der Waals surface area (Å²) >= 11 is 7.51. The maximum atomic E-state index is 5.86. The molecule has 3 rings (SSSR count). The second-order valence-corrected chi connectivity index (χ2v) is 6.75. The van der Waals surface area contributed by atoms with Crippen LogP contribution in [0.3, 0.4) is 0 Å². The van der Waals surface area contributed by atoms with Gasteiger partial charge in [0.2, 0.25) is 0 Å². The first-order chi connectivity index (χ1) is 11.7. The number of nitrogens with zero attached hydrogens (tertiary/aromatic N) is 3. The molecule has 0 N–H and O–H groups in total. The molecule has 0 saturated heterocycles. The van der Waals surface area contributed by atoms with Crippen molar-refractivity contribution in [2.45, 2.75) is 18.6 Å². The predicted molar refractivity (Wildman–Crippen MR) is 98.0 cm³/mol. The van der Waals surface area contributed by atoms with Crippen LogP contribution in [-0.2, 0) is 6.54 Å². The Morgan fingerprint density at radius 2 is 1.79 bits per heavy atom. The number of rotatable bonds is 7. The molecule has 0 spiro atoms. The van der Waals surface area contributed by atoms with Gasteiger partial charge in [-0.05, 0) is 36.8 Å². The number of benzene rings is 2. The molecule has 0 fully saturated rings. The molecule has 4 nitrogen and oxygen atoms in total. The van der Waals surface area contributed by atoms with Crippen molar-refractivity contribution in [2.24, 2.45) is 0 Å². The molecule has 1 heterocycles. The van der Waals surface area contributed by atoms with E-state index in [2.05, 4.69) is 26.9 Å². The highest BCUT2D eigenvalue weighted by Gasteiger charge is 2.09. The summed E-state index contributed by atoms with van der Waals surface area (Å²) in [7, 11) is 0. The summed E-state index contributed by atoms with van der Waals surface area (Å²) in [6.07, 6.45) is 0. The summed E-state index contributed by atoms with van der Waals surface area (Å²) in [6.45, 7) is 3.35. The first kappa shape index (κ1) is 16.9. The Morgan fingerprint density at radius 3 is 2.54 bits per heavy atom. The van der Waals surface area contributed by atoms with Crippen LogP contribution in [0.2, 0.25) is 5.02 Å². The zero-order valence-electron chi connectivity index (χ0n) is 13.4. The van der Waals surface area contributed by atoms with Crippen molar-refractivity contribution >= 4 is 23.4 Å². The highest BCUT2D eigenvalue weighted by molar-refractivity contribution is 7.99. The molecular weight excluding hydrogens is 342 g/mol. The van der Waals surface area contributed by atoms with Gasteiger partial charge in [-0.15, -0.1) is 10.2 Å². The smallest absolute Gasteiger partial charge is 0.191 e. The van der Waals surface area contributed by atoms with Gasteiger partial charge in [-0.1, -0.05) is 53.7 Å². The number of hydrogen-bond acceptors (Lipinski definition) is 4. The summed E-state index contributed by atoms with van der Waals surface area (Å²) in [6, 6.07) is 17.7. The Bertz CT molecular complexity index is 775. The molecule has 24 heavy (non-hydrogen) atoms. The normalized spacial score (nSPS) is 10.8. The first-order valence-electron chi connectivity index (χ1n) is 7.67. The van der Waals surface area contributed by atoms with Crippen molar-refractivity contribution in [3.8, 4) is 5.75 Å². The number of halogens is 1. The molecule has 0 aliphatic rings. The van der Waals surface area contributed by atoms with Crippen LogP contribution in [0.1, 0.15) is 11.4 Å². The largest absolute Gasteiger partial charge is 0.493 e. The molecule has 1 aromatic heterocycles. The molecule has 0 atom stereocenters. The van der Waals surface area contributed by atoms with E-state index in [9.17, 15) is 0 Å². The minimum absolute atomic E-state index is 0.601. The second kappa shape index (κ2) is 8.22. The van der Waals surface area contributed by atoms with Crippen molar-refractivity contribution in [1.29, 1.82) is 0 Å². The van der Waals surface area contributed by atoms with Crippen molar-refractivity contribution in [3.63, 3.8) is 0 Å².